The van der Waals surface area contributed by atoms with E-state index in [0.29, 0.717) is 6.54 Å². The lowest BCUT2D eigenvalue weighted by Crippen LogP contribution is -2.37. The topological polar surface area (TPSA) is 54.9 Å². The Kier molecular flexibility index (Phi) is 14.6. The van der Waals surface area contributed by atoms with Gasteiger partial charge in [-0.2, -0.15) is 0 Å². The second kappa shape index (κ2) is 15.3. The Morgan fingerprint density at radius 2 is 1.80 bits per heavy atom. The zero-order valence-electron chi connectivity index (χ0n) is 16.0. The number of nitrogens with zero attached hydrogens (tertiary/aromatic N) is 1. The molecule has 0 atom stereocenters. The molecule has 144 valence electrons. The number of ether oxygens (including phenoxy) is 2. The molecular formula is C19H34IN3O2. The van der Waals surface area contributed by atoms with Gasteiger partial charge in [-0.1, -0.05) is 12.1 Å². The molecule has 0 aromatic heterocycles. The third-order valence-corrected chi connectivity index (χ3v) is 3.27. The molecule has 0 aliphatic carbocycles. The van der Waals surface area contributed by atoms with Crippen molar-refractivity contribution in [1.29, 1.82) is 0 Å². The molecule has 1 aromatic carbocycles. The van der Waals surface area contributed by atoms with Gasteiger partial charge in [-0.3, -0.25) is 0 Å². The number of nitrogens with one attached hydrogen (secondary N) is 2. The lowest BCUT2D eigenvalue weighted by molar-refractivity contribution is 0.143. The highest BCUT2D eigenvalue weighted by Crippen LogP contribution is 2.14. The summed E-state index contributed by atoms with van der Waals surface area (Å²) in [7, 11) is 0. The number of unbranched alkanes of at least 4 members (excludes halogenated alkanes) is 1. The van der Waals surface area contributed by atoms with Crippen molar-refractivity contribution in [1.82, 2.24) is 10.6 Å². The molecule has 0 saturated heterocycles. The molecule has 0 saturated carbocycles. The minimum atomic E-state index is 0. The quantitative estimate of drug-likeness (QED) is 0.226. The monoisotopic (exact) mass is 463 g/mol. The number of hydrogen-bond donors (Lipinski definition) is 2. The number of guanidine groups is 1. The molecule has 2 N–H and O–H groups in total. The van der Waals surface area contributed by atoms with Crippen molar-refractivity contribution in [3.63, 3.8) is 0 Å². The van der Waals surface area contributed by atoms with Crippen molar-refractivity contribution < 1.29 is 9.47 Å². The van der Waals surface area contributed by atoms with Crippen molar-refractivity contribution in [2.45, 2.75) is 53.2 Å². The molecule has 0 aliphatic heterocycles. The van der Waals surface area contributed by atoms with E-state index in [1.165, 1.54) is 5.56 Å². The molecular weight excluding hydrogens is 429 g/mol. The summed E-state index contributed by atoms with van der Waals surface area (Å²) in [6.45, 7) is 12.2. The van der Waals surface area contributed by atoms with E-state index in [0.717, 1.165) is 50.9 Å². The van der Waals surface area contributed by atoms with Gasteiger partial charge in [-0.25, -0.2) is 4.99 Å². The summed E-state index contributed by atoms with van der Waals surface area (Å²) in [4.78, 5) is 4.63. The summed E-state index contributed by atoms with van der Waals surface area (Å²) < 4.78 is 11.0. The van der Waals surface area contributed by atoms with Crippen LogP contribution in [0.15, 0.2) is 29.3 Å². The van der Waals surface area contributed by atoms with Crippen LogP contribution in [0.1, 0.15) is 46.1 Å². The number of halogens is 1. The second-order valence-corrected chi connectivity index (χ2v) is 5.84. The van der Waals surface area contributed by atoms with Gasteiger partial charge in [0.05, 0.1) is 12.6 Å². The van der Waals surface area contributed by atoms with Crippen LogP contribution in [0.3, 0.4) is 0 Å². The summed E-state index contributed by atoms with van der Waals surface area (Å²) in [6, 6.07) is 8.12. The summed E-state index contributed by atoms with van der Waals surface area (Å²) in [6.07, 6.45) is 2.34. The van der Waals surface area contributed by atoms with Gasteiger partial charge in [-0.05, 0) is 58.2 Å². The first-order chi connectivity index (χ1) is 11.7. The molecule has 5 nitrogen and oxygen atoms in total. The van der Waals surface area contributed by atoms with E-state index in [9.17, 15) is 0 Å². The molecule has 0 heterocycles. The van der Waals surface area contributed by atoms with Crippen LogP contribution in [0.4, 0.5) is 0 Å². The van der Waals surface area contributed by atoms with E-state index in [2.05, 4.69) is 34.7 Å². The third-order valence-electron chi connectivity index (χ3n) is 3.27. The van der Waals surface area contributed by atoms with Gasteiger partial charge in [0.15, 0.2) is 5.96 Å². The van der Waals surface area contributed by atoms with Gasteiger partial charge < -0.3 is 20.1 Å². The predicted molar refractivity (Wildman–Crippen MR) is 116 cm³/mol. The molecule has 0 fully saturated rings. The van der Waals surface area contributed by atoms with Gasteiger partial charge in [-0.15, -0.1) is 24.0 Å². The van der Waals surface area contributed by atoms with Gasteiger partial charge in [0, 0.05) is 26.3 Å². The number of benzene rings is 1. The Labute approximate surface area is 170 Å². The van der Waals surface area contributed by atoms with E-state index in [-0.39, 0.29) is 30.1 Å². The normalized spacial score (nSPS) is 11.2. The van der Waals surface area contributed by atoms with Crippen molar-refractivity contribution in [3.05, 3.63) is 29.8 Å². The maximum Gasteiger partial charge on any atom is 0.191 e. The molecule has 1 aromatic rings. The Morgan fingerprint density at radius 1 is 1.08 bits per heavy atom. The Bertz CT molecular complexity index is 464. The molecule has 0 radical (unpaired) electrons. The second-order valence-electron chi connectivity index (χ2n) is 5.84. The van der Waals surface area contributed by atoms with Crippen LogP contribution in [0, 0.1) is 0 Å². The average molecular weight is 463 g/mol. The molecule has 6 heteroatoms. The maximum absolute atomic E-state index is 5.66. The van der Waals surface area contributed by atoms with E-state index in [1.807, 2.05) is 32.9 Å². The highest BCUT2D eigenvalue weighted by atomic mass is 127. The van der Waals surface area contributed by atoms with Crippen LogP contribution in [0.25, 0.3) is 0 Å². The van der Waals surface area contributed by atoms with E-state index in [4.69, 9.17) is 9.47 Å². The summed E-state index contributed by atoms with van der Waals surface area (Å²) in [5.41, 5.74) is 1.17. The van der Waals surface area contributed by atoms with E-state index in [1.54, 1.807) is 0 Å². The van der Waals surface area contributed by atoms with Crippen molar-refractivity contribution in [2.75, 3.05) is 26.3 Å². The zero-order chi connectivity index (χ0) is 17.6. The minimum absolute atomic E-state index is 0. The molecule has 0 unspecified atom stereocenters. The Balaban J connectivity index is 0.00000576. The molecule has 25 heavy (non-hydrogen) atoms. The Hall–Kier alpha value is -1.02. The van der Waals surface area contributed by atoms with Gasteiger partial charge in [0.2, 0.25) is 0 Å². The van der Waals surface area contributed by atoms with Crippen molar-refractivity contribution in [3.8, 4) is 5.75 Å². The SMILES string of the molecule is CCNC(=NCc1ccc(OC(C)C)cc1)NCCCCOCC.I. The van der Waals surface area contributed by atoms with Crippen molar-refractivity contribution >= 4 is 29.9 Å². The Morgan fingerprint density at radius 3 is 2.40 bits per heavy atom. The smallest absolute Gasteiger partial charge is 0.191 e. The zero-order valence-corrected chi connectivity index (χ0v) is 18.3. The largest absolute Gasteiger partial charge is 0.491 e. The summed E-state index contributed by atoms with van der Waals surface area (Å²) >= 11 is 0. The molecule has 0 spiro atoms. The number of rotatable bonds is 11. The van der Waals surface area contributed by atoms with Crippen molar-refractivity contribution in [2.24, 2.45) is 4.99 Å². The van der Waals surface area contributed by atoms with Crippen LogP contribution >= 0.6 is 24.0 Å². The maximum atomic E-state index is 5.66. The molecule has 1 rings (SSSR count). The summed E-state index contributed by atoms with van der Waals surface area (Å²) in [5.74, 6) is 1.76. The fraction of sp³-hybridized carbons (Fsp3) is 0.632. The first-order valence-corrected chi connectivity index (χ1v) is 9.01. The first kappa shape index (κ1) is 24.0. The standard InChI is InChI=1S/C19H33N3O2.HI/c1-5-20-19(21-13-7-8-14-23-6-2)22-15-17-9-11-18(12-10-17)24-16(3)4;/h9-12,16H,5-8,13-15H2,1-4H3,(H2,20,21,22);1H. The number of hydrogen-bond acceptors (Lipinski definition) is 3. The third kappa shape index (κ3) is 12.0. The van der Waals surface area contributed by atoms with Gasteiger partial charge >= 0.3 is 0 Å². The fourth-order valence-corrected chi connectivity index (χ4v) is 2.14. The van der Waals surface area contributed by atoms with E-state index < -0.39 is 0 Å². The highest BCUT2D eigenvalue weighted by molar-refractivity contribution is 14.0. The molecule has 0 bridgehead atoms. The molecule has 0 amide bonds. The van der Waals surface area contributed by atoms with Crippen LogP contribution < -0.4 is 15.4 Å². The van der Waals surface area contributed by atoms with Crippen LogP contribution in [-0.2, 0) is 11.3 Å². The summed E-state index contributed by atoms with van der Waals surface area (Å²) in [5, 5.41) is 6.64. The van der Waals surface area contributed by atoms with Crippen LogP contribution in [0.2, 0.25) is 0 Å². The van der Waals surface area contributed by atoms with Crippen LogP contribution in [-0.4, -0.2) is 38.4 Å². The lowest BCUT2D eigenvalue weighted by atomic mass is 10.2. The van der Waals surface area contributed by atoms with Gasteiger partial charge in [0.25, 0.3) is 0 Å². The highest BCUT2D eigenvalue weighted by Gasteiger charge is 2.00. The average Bonchev–Trinajstić information content (AvgIpc) is 2.56. The molecule has 0 aliphatic rings. The fourth-order valence-electron chi connectivity index (χ4n) is 2.14. The lowest BCUT2D eigenvalue weighted by Gasteiger charge is -2.12. The number of aliphatic imine (C=N–C) groups is 1. The minimum Gasteiger partial charge on any atom is -0.491 e. The van der Waals surface area contributed by atoms with E-state index >= 15 is 0 Å². The van der Waals surface area contributed by atoms with Crippen LogP contribution in [0.5, 0.6) is 5.75 Å². The first-order valence-electron chi connectivity index (χ1n) is 9.01. The predicted octanol–water partition coefficient (Wildman–Crippen LogP) is 3.96. The van der Waals surface area contributed by atoms with Gasteiger partial charge in [0.1, 0.15) is 5.75 Å².